The van der Waals surface area contributed by atoms with Crippen molar-refractivity contribution in [3.63, 3.8) is 0 Å². The average Bonchev–Trinajstić information content (AvgIpc) is 2.35. The lowest BCUT2D eigenvalue weighted by Crippen LogP contribution is -2.43. The van der Waals surface area contributed by atoms with E-state index in [1.807, 2.05) is 31.2 Å². The maximum atomic E-state index is 12.2. The van der Waals surface area contributed by atoms with Gasteiger partial charge >= 0.3 is 0 Å². The standard InChI is InChI=1S/C15H23ClN2O/c1-10(2)8-14(17)15(19)18(4)11(3)12-6-5-7-13(16)9-12/h5-7,9-11,14H,8,17H2,1-4H3/t11?,14-/m0/s1. The number of carbonyl (C=O) groups is 1. The van der Waals surface area contributed by atoms with E-state index in [2.05, 4.69) is 13.8 Å². The molecule has 0 aliphatic carbocycles. The zero-order chi connectivity index (χ0) is 14.6. The van der Waals surface area contributed by atoms with Crippen LogP contribution in [0, 0.1) is 5.92 Å². The molecule has 1 unspecified atom stereocenters. The highest BCUT2D eigenvalue weighted by Gasteiger charge is 2.23. The zero-order valence-electron chi connectivity index (χ0n) is 12.1. The van der Waals surface area contributed by atoms with Crippen LogP contribution >= 0.6 is 11.6 Å². The zero-order valence-corrected chi connectivity index (χ0v) is 12.8. The summed E-state index contributed by atoms with van der Waals surface area (Å²) in [6.07, 6.45) is 0.700. The smallest absolute Gasteiger partial charge is 0.239 e. The summed E-state index contributed by atoms with van der Waals surface area (Å²) in [6, 6.07) is 7.08. The SMILES string of the molecule is CC(C)C[C@H](N)C(=O)N(C)C(C)c1cccc(Cl)c1. The van der Waals surface area contributed by atoms with E-state index < -0.39 is 6.04 Å². The largest absolute Gasteiger partial charge is 0.338 e. The Bertz CT molecular complexity index is 434. The fraction of sp³-hybridized carbons (Fsp3) is 0.533. The van der Waals surface area contributed by atoms with Crippen LogP contribution in [0.1, 0.15) is 38.8 Å². The number of halogens is 1. The Balaban J connectivity index is 2.76. The molecule has 3 nitrogen and oxygen atoms in total. The van der Waals surface area contributed by atoms with Crippen LogP contribution in [-0.2, 0) is 4.79 Å². The van der Waals surface area contributed by atoms with Crippen LogP contribution in [0.4, 0.5) is 0 Å². The molecule has 0 fully saturated rings. The number of nitrogens with zero attached hydrogens (tertiary/aromatic N) is 1. The van der Waals surface area contributed by atoms with Crippen molar-refractivity contribution < 1.29 is 4.79 Å². The quantitative estimate of drug-likeness (QED) is 0.901. The molecule has 2 N–H and O–H groups in total. The molecule has 4 heteroatoms. The predicted molar refractivity (Wildman–Crippen MR) is 80.1 cm³/mol. The molecule has 0 aliphatic rings. The first-order valence-electron chi connectivity index (χ1n) is 6.60. The van der Waals surface area contributed by atoms with E-state index in [0.717, 1.165) is 5.56 Å². The summed E-state index contributed by atoms with van der Waals surface area (Å²) in [6.45, 7) is 6.10. The van der Waals surface area contributed by atoms with Crippen LogP contribution in [0.3, 0.4) is 0 Å². The molecule has 0 saturated heterocycles. The minimum Gasteiger partial charge on any atom is -0.338 e. The minimum atomic E-state index is -0.438. The van der Waals surface area contributed by atoms with Gasteiger partial charge in [-0.1, -0.05) is 37.6 Å². The molecule has 1 aromatic carbocycles. The highest BCUT2D eigenvalue weighted by molar-refractivity contribution is 6.30. The van der Waals surface area contributed by atoms with Gasteiger partial charge in [0.15, 0.2) is 0 Å². The molecule has 1 amide bonds. The fourth-order valence-electron chi connectivity index (χ4n) is 2.05. The number of rotatable bonds is 5. The third kappa shape index (κ3) is 4.51. The summed E-state index contributed by atoms with van der Waals surface area (Å²) >= 11 is 5.98. The molecule has 106 valence electrons. The van der Waals surface area contributed by atoms with Crippen molar-refractivity contribution in [1.82, 2.24) is 4.90 Å². The molecule has 0 radical (unpaired) electrons. The van der Waals surface area contributed by atoms with Gasteiger partial charge in [-0.15, -0.1) is 0 Å². The van der Waals surface area contributed by atoms with Gasteiger partial charge in [0.05, 0.1) is 12.1 Å². The van der Waals surface area contributed by atoms with Gasteiger partial charge in [-0.2, -0.15) is 0 Å². The number of likely N-dealkylation sites (N-methyl/N-ethyl adjacent to an activating group) is 1. The minimum absolute atomic E-state index is 0.0267. The summed E-state index contributed by atoms with van der Waals surface area (Å²) in [5, 5.41) is 0.677. The van der Waals surface area contributed by atoms with Crippen molar-refractivity contribution in [3.05, 3.63) is 34.9 Å². The molecule has 0 bridgehead atoms. The number of hydrogen-bond donors (Lipinski definition) is 1. The molecular weight excluding hydrogens is 260 g/mol. The highest BCUT2D eigenvalue weighted by atomic mass is 35.5. The van der Waals surface area contributed by atoms with Gasteiger partial charge in [0.1, 0.15) is 0 Å². The van der Waals surface area contributed by atoms with E-state index in [4.69, 9.17) is 17.3 Å². The molecule has 0 aliphatic heterocycles. The molecule has 0 spiro atoms. The second-order valence-electron chi connectivity index (χ2n) is 5.42. The van der Waals surface area contributed by atoms with Crippen LogP contribution < -0.4 is 5.73 Å². The summed E-state index contributed by atoms with van der Waals surface area (Å²) in [5.41, 5.74) is 6.96. The molecule has 19 heavy (non-hydrogen) atoms. The van der Waals surface area contributed by atoms with E-state index in [1.54, 1.807) is 11.9 Å². The first-order valence-corrected chi connectivity index (χ1v) is 6.98. The van der Waals surface area contributed by atoms with Crippen LogP contribution in [-0.4, -0.2) is 23.9 Å². The molecule has 0 heterocycles. The van der Waals surface area contributed by atoms with Crippen molar-refractivity contribution >= 4 is 17.5 Å². The first-order chi connectivity index (χ1) is 8.82. The van der Waals surface area contributed by atoms with Gasteiger partial charge < -0.3 is 10.6 Å². The van der Waals surface area contributed by atoms with Crippen molar-refractivity contribution in [2.75, 3.05) is 7.05 Å². The topological polar surface area (TPSA) is 46.3 Å². The maximum Gasteiger partial charge on any atom is 0.239 e. The van der Waals surface area contributed by atoms with Crippen molar-refractivity contribution in [2.24, 2.45) is 11.7 Å². The third-order valence-corrected chi connectivity index (χ3v) is 3.54. The Morgan fingerprint density at radius 3 is 2.53 bits per heavy atom. The number of amides is 1. The highest BCUT2D eigenvalue weighted by Crippen LogP contribution is 2.22. The second kappa shape index (κ2) is 6.92. The summed E-state index contributed by atoms with van der Waals surface area (Å²) in [4.78, 5) is 13.9. The van der Waals surface area contributed by atoms with E-state index >= 15 is 0 Å². The van der Waals surface area contributed by atoms with E-state index in [-0.39, 0.29) is 11.9 Å². The number of hydrogen-bond acceptors (Lipinski definition) is 2. The lowest BCUT2D eigenvalue weighted by Gasteiger charge is -2.28. The Morgan fingerprint density at radius 1 is 1.37 bits per heavy atom. The van der Waals surface area contributed by atoms with Crippen molar-refractivity contribution in [3.8, 4) is 0 Å². The normalized spacial score (nSPS) is 14.3. The van der Waals surface area contributed by atoms with Crippen molar-refractivity contribution in [2.45, 2.75) is 39.3 Å². The van der Waals surface area contributed by atoms with Crippen molar-refractivity contribution in [1.29, 1.82) is 0 Å². The Morgan fingerprint density at radius 2 is 2.00 bits per heavy atom. The lowest BCUT2D eigenvalue weighted by atomic mass is 10.0. The number of carbonyl (C=O) groups excluding carboxylic acids is 1. The van der Waals surface area contributed by atoms with Gasteiger partial charge in [-0.3, -0.25) is 4.79 Å². The van der Waals surface area contributed by atoms with Gasteiger partial charge in [0.25, 0.3) is 0 Å². The average molecular weight is 283 g/mol. The molecule has 0 saturated carbocycles. The Kier molecular flexibility index (Phi) is 5.83. The first kappa shape index (κ1) is 16.0. The second-order valence-corrected chi connectivity index (χ2v) is 5.85. The third-order valence-electron chi connectivity index (χ3n) is 3.30. The molecule has 1 aromatic rings. The van der Waals surface area contributed by atoms with Gasteiger partial charge in [-0.25, -0.2) is 0 Å². The van der Waals surface area contributed by atoms with Gasteiger partial charge in [-0.05, 0) is 37.0 Å². The summed E-state index contributed by atoms with van der Waals surface area (Å²) < 4.78 is 0. The summed E-state index contributed by atoms with van der Waals surface area (Å²) in [7, 11) is 1.79. The molecular formula is C15H23ClN2O. The fourth-order valence-corrected chi connectivity index (χ4v) is 2.25. The predicted octanol–water partition coefficient (Wildman–Crippen LogP) is 3.23. The van der Waals surface area contributed by atoms with Crippen LogP contribution in [0.15, 0.2) is 24.3 Å². The maximum absolute atomic E-state index is 12.2. The Hall–Kier alpha value is -1.06. The van der Waals surface area contributed by atoms with Gasteiger partial charge in [0.2, 0.25) is 5.91 Å². The van der Waals surface area contributed by atoms with Crippen LogP contribution in [0.25, 0.3) is 0 Å². The van der Waals surface area contributed by atoms with E-state index in [9.17, 15) is 4.79 Å². The number of benzene rings is 1. The molecule has 0 aromatic heterocycles. The Labute approximate surface area is 120 Å². The van der Waals surface area contributed by atoms with Gasteiger partial charge in [0, 0.05) is 12.1 Å². The molecule has 1 rings (SSSR count). The summed E-state index contributed by atoms with van der Waals surface area (Å²) in [5.74, 6) is 0.384. The van der Waals surface area contributed by atoms with Crippen LogP contribution in [0.5, 0.6) is 0 Å². The van der Waals surface area contributed by atoms with Crippen LogP contribution in [0.2, 0.25) is 5.02 Å². The number of nitrogens with two attached hydrogens (primary N) is 1. The van der Waals surface area contributed by atoms with E-state index in [1.165, 1.54) is 0 Å². The molecule has 2 atom stereocenters. The lowest BCUT2D eigenvalue weighted by molar-refractivity contribution is -0.133. The van der Waals surface area contributed by atoms with E-state index in [0.29, 0.717) is 17.4 Å². The monoisotopic (exact) mass is 282 g/mol.